The molecule has 0 unspecified atom stereocenters. The highest BCUT2D eigenvalue weighted by Gasteiger charge is 2.18. The Morgan fingerprint density at radius 2 is 1.84 bits per heavy atom. The summed E-state index contributed by atoms with van der Waals surface area (Å²) in [7, 11) is 0. The van der Waals surface area contributed by atoms with E-state index in [9.17, 15) is 0 Å². The second-order valence-corrected chi connectivity index (χ2v) is 5.66. The Balaban J connectivity index is 1.47. The number of piperazine rings is 1. The van der Waals surface area contributed by atoms with Crippen molar-refractivity contribution >= 4 is 5.82 Å². The van der Waals surface area contributed by atoms with E-state index in [1.54, 1.807) is 12.3 Å². The minimum absolute atomic E-state index is 0.337. The van der Waals surface area contributed by atoms with Crippen molar-refractivity contribution in [2.45, 2.75) is 0 Å². The fourth-order valence-electron chi connectivity index (χ4n) is 2.73. The quantitative estimate of drug-likeness (QED) is 0.817. The van der Waals surface area contributed by atoms with E-state index < -0.39 is 0 Å². The molecule has 0 aliphatic carbocycles. The van der Waals surface area contributed by atoms with E-state index in [0.717, 1.165) is 38.5 Å². The minimum Gasteiger partial charge on any atom is -0.491 e. The van der Waals surface area contributed by atoms with Crippen LogP contribution in [0.1, 0.15) is 11.3 Å². The molecule has 7 nitrogen and oxygen atoms in total. The molecule has 7 heteroatoms. The third-order valence-corrected chi connectivity index (χ3v) is 4.11. The maximum absolute atomic E-state index is 9.06. The number of hydrogen-bond donors (Lipinski definition) is 0. The van der Waals surface area contributed by atoms with Crippen LogP contribution >= 0.6 is 0 Å². The molecule has 0 atom stereocenters. The molecule has 0 amide bonds. The van der Waals surface area contributed by atoms with Gasteiger partial charge in [-0.05, 0) is 12.1 Å². The van der Waals surface area contributed by atoms with Gasteiger partial charge < -0.3 is 9.64 Å². The highest BCUT2D eigenvalue weighted by molar-refractivity contribution is 5.42. The molecule has 1 aliphatic heterocycles. The number of anilines is 1. The fraction of sp³-hybridized carbons (Fsp3) is 0.333. The summed E-state index contributed by atoms with van der Waals surface area (Å²) in [5.74, 6) is 1.38. The number of rotatable bonds is 5. The molecule has 0 N–H and O–H groups in total. The van der Waals surface area contributed by atoms with Gasteiger partial charge in [0.05, 0.1) is 18.0 Å². The summed E-state index contributed by atoms with van der Waals surface area (Å²) in [5, 5.41) is 18.0. The van der Waals surface area contributed by atoms with Gasteiger partial charge in [0.15, 0.2) is 5.69 Å². The average Bonchev–Trinajstić information content (AvgIpc) is 2.69. The van der Waals surface area contributed by atoms with Crippen molar-refractivity contribution in [3.8, 4) is 17.9 Å². The van der Waals surface area contributed by atoms with Gasteiger partial charge in [0, 0.05) is 32.7 Å². The van der Waals surface area contributed by atoms with Crippen molar-refractivity contribution in [1.29, 1.82) is 10.5 Å². The summed E-state index contributed by atoms with van der Waals surface area (Å²) in [6, 6.07) is 11.4. The predicted octanol–water partition coefficient (Wildman–Crippen LogP) is 1.42. The molecule has 2 heterocycles. The zero-order valence-electron chi connectivity index (χ0n) is 13.8. The summed E-state index contributed by atoms with van der Waals surface area (Å²) in [4.78, 5) is 12.8. The molecule has 25 heavy (non-hydrogen) atoms. The first-order valence-electron chi connectivity index (χ1n) is 8.11. The Morgan fingerprint density at radius 3 is 2.60 bits per heavy atom. The number of benzene rings is 1. The first-order chi connectivity index (χ1) is 12.3. The van der Waals surface area contributed by atoms with Crippen LogP contribution in [0.4, 0.5) is 5.82 Å². The van der Waals surface area contributed by atoms with Crippen molar-refractivity contribution in [3.05, 3.63) is 47.9 Å². The second-order valence-electron chi connectivity index (χ2n) is 5.66. The monoisotopic (exact) mass is 334 g/mol. The lowest BCUT2D eigenvalue weighted by molar-refractivity contribution is 0.200. The lowest BCUT2D eigenvalue weighted by Gasteiger charge is -2.35. The first kappa shape index (κ1) is 16.7. The van der Waals surface area contributed by atoms with E-state index in [1.165, 1.54) is 6.20 Å². The molecule has 1 fully saturated rings. The van der Waals surface area contributed by atoms with Crippen LogP contribution in [0.3, 0.4) is 0 Å². The summed E-state index contributed by atoms with van der Waals surface area (Å²) < 4.78 is 5.74. The molecular weight excluding hydrogens is 316 g/mol. The molecule has 126 valence electrons. The van der Waals surface area contributed by atoms with Gasteiger partial charge in [-0.3, -0.25) is 9.88 Å². The maximum atomic E-state index is 9.06. The Labute approximate surface area is 146 Å². The molecule has 1 saturated heterocycles. The van der Waals surface area contributed by atoms with Crippen LogP contribution in [-0.2, 0) is 0 Å². The Kier molecular flexibility index (Phi) is 5.40. The van der Waals surface area contributed by atoms with Crippen LogP contribution in [0.5, 0.6) is 5.75 Å². The van der Waals surface area contributed by atoms with Gasteiger partial charge in [0.2, 0.25) is 0 Å². The number of para-hydroxylation sites is 1. The van der Waals surface area contributed by atoms with Crippen LogP contribution in [0.15, 0.2) is 36.7 Å². The fourth-order valence-corrected chi connectivity index (χ4v) is 2.73. The summed E-state index contributed by atoms with van der Waals surface area (Å²) >= 11 is 0. The van der Waals surface area contributed by atoms with Crippen molar-refractivity contribution in [1.82, 2.24) is 14.9 Å². The first-order valence-corrected chi connectivity index (χ1v) is 8.11. The molecule has 0 radical (unpaired) electrons. The van der Waals surface area contributed by atoms with Gasteiger partial charge in [-0.2, -0.15) is 10.5 Å². The van der Waals surface area contributed by atoms with E-state index in [0.29, 0.717) is 23.6 Å². The Morgan fingerprint density at radius 1 is 1.04 bits per heavy atom. The van der Waals surface area contributed by atoms with Gasteiger partial charge in [0.1, 0.15) is 30.3 Å². The van der Waals surface area contributed by atoms with Gasteiger partial charge in [0.25, 0.3) is 0 Å². The summed E-state index contributed by atoms with van der Waals surface area (Å²) in [6.07, 6.45) is 3.16. The normalized spacial score (nSPS) is 14.6. The van der Waals surface area contributed by atoms with E-state index in [-0.39, 0.29) is 0 Å². The third kappa shape index (κ3) is 4.23. The molecule has 0 spiro atoms. The number of hydrogen-bond acceptors (Lipinski definition) is 7. The lowest BCUT2D eigenvalue weighted by atomic mass is 10.2. The molecule has 1 aromatic heterocycles. The van der Waals surface area contributed by atoms with E-state index in [4.69, 9.17) is 15.3 Å². The van der Waals surface area contributed by atoms with E-state index >= 15 is 0 Å². The highest BCUT2D eigenvalue weighted by Crippen LogP contribution is 2.17. The second kappa shape index (κ2) is 8.09. The van der Waals surface area contributed by atoms with Crippen LogP contribution in [-0.4, -0.2) is 54.2 Å². The third-order valence-electron chi connectivity index (χ3n) is 4.11. The van der Waals surface area contributed by atoms with Crippen LogP contribution in [0.2, 0.25) is 0 Å². The Bertz CT molecular complexity index is 802. The molecule has 1 aliphatic rings. The van der Waals surface area contributed by atoms with Crippen molar-refractivity contribution in [3.63, 3.8) is 0 Å². The average molecular weight is 334 g/mol. The zero-order valence-corrected chi connectivity index (χ0v) is 13.8. The van der Waals surface area contributed by atoms with Gasteiger partial charge in [-0.15, -0.1) is 0 Å². The SMILES string of the molecule is N#Cc1cncc(N2CCN(CCOc3ccccc3C#N)CC2)n1. The van der Waals surface area contributed by atoms with Crippen molar-refractivity contribution in [2.75, 3.05) is 44.2 Å². The van der Waals surface area contributed by atoms with E-state index in [2.05, 4.69) is 25.8 Å². The van der Waals surface area contributed by atoms with E-state index in [1.807, 2.05) is 24.3 Å². The lowest BCUT2D eigenvalue weighted by Crippen LogP contribution is -2.47. The van der Waals surface area contributed by atoms with Crippen molar-refractivity contribution < 1.29 is 4.74 Å². The molecule has 0 saturated carbocycles. The highest BCUT2D eigenvalue weighted by atomic mass is 16.5. The molecule has 2 aromatic rings. The zero-order chi connectivity index (χ0) is 17.5. The molecular formula is C18H18N6O. The number of nitriles is 2. The summed E-state index contributed by atoms with van der Waals surface area (Å²) in [5.41, 5.74) is 0.896. The van der Waals surface area contributed by atoms with Gasteiger partial charge in [-0.25, -0.2) is 4.98 Å². The van der Waals surface area contributed by atoms with Crippen LogP contribution in [0.25, 0.3) is 0 Å². The van der Waals surface area contributed by atoms with Gasteiger partial charge in [-0.1, -0.05) is 12.1 Å². The minimum atomic E-state index is 0.337. The predicted molar refractivity (Wildman–Crippen MR) is 92.1 cm³/mol. The molecule has 1 aromatic carbocycles. The number of nitrogens with zero attached hydrogens (tertiary/aromatic N) is 6. The molecule has 3 rings (SSSR count). The van der Waals surface area contributed by atoms with Gasteiger partial charge >= 0.3 is 0 Å². The van der Waals surface area contributed by atoms with Crippen molar-refractivity contribution in [2.24, 2.45) is 0 Å². The van der Waals surface area contributed by atoms with Crippen LogP contribution < -0.4 is 9.64 Å². The smallest absolute Gasteiger partial charge is 0.161 e. The maximum Gasteiger partial charge on any atom is 0.161 e. The van der Waals surface area contributed by atoms with Crippen LogP contribution in [0, 0.1) is 22.7 Å². The molecule has 0 bridgehead atoms. The topological polar surface area (TPSA) is 89.1 Å². The summed E-state index contributed by atoms with van der Waals surface area (Å²) in [6.45, 7) is 4.79. The standard InChI is InChI=1S/C18H18N6O/c19-11-15-3-1-2-4-17(15)25-10-9-23-5-7-24(8-6-23)18-14-21-13-16(12-20)22-18/h1-4,13-14H,5-10H2. The number of aromatic nitrogens is 2. The Hall–Kier alpha value is -3.16. The number of ether oxygens (including phenoxy) is 1. The largest absolute Gasteiger partial charge is 0.491 e.